The number of aliphatic hydroxyl groups excluding tert-OH is 1. The van der Waals surface area contributed by atoms with Gasteiger partial charge >= 0.3 is 5.97 Å². The van der Waals surface area contributed by atoms with Crippen molar-refractivity contribution in [2.24, 2.45) is 0 Å². The molecule has 1 aliphatic heterocycles. The zero-order valence-electron chi connectivity index (χ0n) is 20.2. The van der Waals surface area contributed by atoms with Gasteiger partial charge in [-0.15, -0.1) is 0 Å². The first-order chi connectivity index (χ1) is 17.2. The fourth-order valence-corrected chi connectivity index (χ4v) is 4.86. The van der Waals surface area contributed by atoms with Crippen molar-refractivity contribution < 1.29 is 24.2 Å². The first kappa shape index (κ1) is 25.4. The lowest BCUT2D eigenvalue weighted by atomic mass is 9.94. The molecule has 0 unspecified atom stereocenters. The minimum atomic E-state index is -0.777. The molecule has 4 rings (SSSR count). The Labute approximate surface area is 216 Å². The van der Waals surface area contributed by atoms with Crippen LogP contribution < -0.4 is 0 Å². The fourth-order valence-electron chi connectivity index (χ4n) is 4.59. The number of imidazole rings is 1. The summed E-state index contributed by atoms with van der Waals surface area (Å²) in [5, 5.41) is 11.5. The second kappa shape index (κ2) is 10.5. The van der Waals surface area contributed by atoms with Crippen molar-refractivity contribution in [2.45, 2.75) is 39.8 Å². The number of aromatic nitrogens is 3. The van der Waals surface area contributed by atoms with Crippen molar-refractivity contribution in [3.05, 3.63) is 81.1 Å². The summed E-state index contributed by atoms with van der Waals surface area (Å²) in [4.78, 5) is 47.4. The summed E-state index contributed by atoms with van der Waals surface area (Å²) in [6.07, 6.45) is 5.80. The van der Waals surface area contributed by atoms with E-state index >= 15 is 0 Å². The van der Waals surface area contributed by atoms with Crippen LogP contribution in [0, 0.1) is 13.8 Å². The zero-order chi connectivity index (χ0) is 26.0. The molecule has 1 amide bonds. The van der Waals surface area contributed by atoms with Crippen molar-refractivity contribution in [2.75, 3.05) is 13.2 Å². The van der Waals surface area contributed by atoms with E-state index in [9.17, 15) is 19.5 Å². The number of nitrogens with one attached hydrogen (secondary N) is 1. The lowest BCUT2D eigenvalue weighted by molar-refractivity contribution is -0.139. The van der Waals surface area contributed by atoms with Crippen LogP contribution in [0.1, 0.15) is 52.3 Å². The summed E-state index contributed by atoms with van der Waals surface area (Å²) >= 11 is 3.42. The van der Waals surface area contributed by atoms with Gasteiger partial charge in [-0.2, -0.15) is 0 Å². The van der Waals surface area contributed by atoms with Gasteiger partial charge < -0.3 is 24.3 Å². The number of amides is 1. The van der Waals surface area contributed by atoms with E-state index in [4.69, 9.17) is 4.74 Å². The van der Waals surface area contributed by atoms with E-state index in [1.165, 1.54) is 4.90 Å². The minimum Gasteiger partial charge on any atom is -0.507 e. The van der Waals surface area contributed by atoms with Crippen LogP contribution in [-0.4, -0.2) is 55.4 Å². The van der Waals surface area contributed by atoms with E-state index in [-0.39, 0.29) is 23.6 Å². The molecule has 0 radical (unpaired) electrons. The average Bonchev–Trinajstić information content (AvgIpc) is 3.53. The van der Waals surface area contributed by atoms with Crippen LogP contribution in [0.25, 0.3) is 5.76 Å². The molecule has 1 aromatic carbocycles. The molecular formula is C26H27BrN4O5. The van der Waals surface area contributed by atoms with Gasteiger partial charge in [0, 0.05) is 41.2 Å². The van der Waals surface area contributed by atoms with Crippen molar-refractivity contribution in [1.82, 2.24) is 19.4 Å². The Morgan fingerprint density at radius 2 is 1.92 bits per heavy atom. The van der Waals surface area contributed by atoms with Crippen LogP contribution in [-0.2, 0) is 20.9 Å². The van der Waals surface area contributed by atoms with E-state index in [2.05, 4.69) is 25.9 Å². The number of halogens is 1. The third-order valence-electron chi connectivity index (χ3n) is 6.25. The van der Waals surface area contributed by atoms with E-state index in [0.29, 0.717) is 41.9 Å². The molecule has 0 bridgehead atoms. The van der Waals surface area contributed by atoms with Gasteiger partial charge in [0.1, 0.15) is 11.5 Å². The first-order valence-corrected chi connectivity index (χ1v) is 12.4. The number of ketones is 1. The molecule has 2 N–H and O–H groups in total. The maximum Gasteiger partial charge on any atom is 0.355 e. The molecule has 188 valence electrons. The predicted octanol–water partition coefficient (Wildman–Crippen LogP) is 4.28. The van der Waals surface area contributed by atoms with Gasteiger partial charge in [-0.25, -0.2) is 9.78 Å². The first-order valence-electron chi connectivity index (χ1n) is 11.6. The molecule has 0 saturated carbocycles. The third-order valence-corrected chi connectivity index (χ3v) is 6.78. The highest BCUT2D eigenvalue weighted by Crippen LogP contribution is 2.41. The number of ether oxygens (including phenoxy) is 1. The number of aromatic amines is 1. The van der Waals surface area contributed by atoms with Crippen LogP contribution in [0.4, 0.5) is 0 Å². The number of carbonyl (C=O) groups is 3. The SMILES string of the molecule is CCOC(=O)c1[nH]c(C)c(C(O)=C2C(=O)C(=O)N(CCCn3ccnc3)[C@@H]2c2ccc(Br)cc2)c1C. The van der Waals surface area contributed by atoms with Crippen molar-refractivity contribution in [3.63, 3.8) is 0 Å². The summed E-state index contributed by atoms with van der Waals surface area (Å²) in [5.74, 6) is -2.31. The number of aryl methyl sites for hydroxylation is 2. The van der Waals surface area contributed by atoms with Gasteiger partial charge in [-0.05, 0) is 50.5 Å². The number of benzene rings is 1. The van der Waals surface area contributed by atoms with Gasteiger partial charge in [-0.3, -0.25) is 9.59 Å². The quantitative estimate of drug-likeness (QED) is 0.186. The number of H-pyrrole nitrogens is 1. The number of likely N-dealkylation sites (tertiary alicyclic amines) is 1. The molecule has 3 aromatic rings. The Bertz CT molecular complexity index is 1330. The summed E-state index contributed by atoms with van der Waals surface area (Å²) in [6.45, 7) is 6.19. The Balaban J connectivity index is 1.78. The Hall–Kier alpha value is -3.66. The molecule has 10 heteroatoms. The van der Waals surface area contributed by atoms with Crippen molar-refractivity contribution in [3.8, 4) is 0 Å². The topological polar surface area (TPSA) is 118 Å². The Kier molecular flexibility index (Phi) is 7.44. The molecule has 1 aliphatic rings. The Morgan fingerprint density at radius 1 is 1.19 bits per heavy atom. The average molecular weight is 555 g/mol. The maximum atomic E-state index is 13.3. The molecule has 0 spiro atoms. The Morgan fingerprint density at radius 3 is 2.56 bits per heavy atom. The van der Waals surface area contributed by atoms with Crippen LogP contribution in [0.2, 0.25) is 0 Å². The summed E-state index contributed by atoms with van der Waals surface area (Å²) < 4.78 is 7.85. The molecule has 0 aliphatic carbocycles. The van der Waals surface area contributed by atoms with E-state index < -0.39 is 23.7 Å². The highest BCUT2D eigenvalue weighted by atomic mass is 79.9. The standard InChI is InChI=1S/C26H27BrN4O5/c1-4-36-26(35)21-15(2)19(16(3)29-21)23(32)20-22(17-6-8-18(27)9-7-17)31(25(34)24(20)33)12-5-11-30-13-10-28-14-30/h6-10,13-14,22,29,32H,4-5,11-12H2,1-3H3/t22-/m1/s1. The molecule has 9 nitrogen and oxygen atoms in total. The number of aliphatic hydroxyl groups is 1. The predicted molar refractivity (Wildman–Crippen MR) is 136 cm³/mol. The highest BCUT2D eigenvalue weighted by Gasteiger charge is 2.46. The maximum absolute atomic E-state index is 13.3. The van der Waals surface area contributed by atoms with Crippen molar-refractivity contribution >= 4 is 39.3 Å². The van der Waals surface area contributed by atoms with Crippen LogP contribution >= 0.6 is 15.9 Å². The second-order valence-corrected chi connectivity index (χ2v) is 9.46. The van der Waals surface area contributed by atoms with Gasteiger partial charge in [0.25, 0.3) is 11.7 Å². The summed E-state index contributed by atoms with van der Waals surface area (Å²) in [5.41, 5.74) is 2.14. The monoisotopic (exact) mass is 554 g/mol. The molecule has 1 fully saturated rings. The van der Waals surface area contributed by atoms with Gasteiger partial charge in [0.05, 0.1) is 24.5 Å². The number of Topliss-reactive ketones (excluding diaryl/α,β-unsaturated/α-hetero) is 1. The molecule has 1 saturated heterocycles. The van der Waals surface area contributed by atoms with E-state index in [1.807, 2.05) is 35.0 Å². The number of hydrogen-bond donors (Lipinski definition) is 2. The van der Waals surface area contributed by atoms with Crippen LogP contribution in [0.5, 0.6) is 0 Å². The lowest BCUT2D eigenvalue weighted by Crippen LogP contribution is -2.31. The number of nitrogens with zero attached hydrogens (tertiary/aromatic N) is 3. The van der Waals surface area contributed by atoms with Gasteiger partial charge in [0.15, 0.2) is 0 Å². The van der Waals surface area contributed by atoms with Crippen LogP contribution in [0.15, 0.2) is 53.0 Å². The second-order valence-electron chi connectivity index (χ2n) is 8.54. The van der Waals surface area contributed by atoms with E-state index in [1.54, 1.807) is 33.3 Å². The smallest absolute Gasteiger partial charge is 0.355 e. The lowest BCUT2D eigenvalue weighted by Gasteiger charge is -2.25. The largest absolute Gasteiger partial charge is 0.507 e. The molecule has 1 atom stereocenters. The molecule has 36 heavy (non-hydrogen) atoms. The summed E-state index contributed by atoms with van der Waals surface area (Å²) in [7, 11) is 0. The minimum absolute atomic E-state index is 0.00874. The fraction of sp³-hybridized carbons (Fsp3) is 0.308. The van der Waals surface area contributed by atoms with Gasteiger partial charge in [0.2, 0.25) is 0 Å². The number of esters is 1. The molecular weight excluding hydrogens is 528 g/mol. The highest BCUT2D eigenvalue weighted by molar-refractivity contribution is 9.10. The number of hydrogen-bond acceptors (Lipinski definition) is 6. The van der Waals surface area contributed by atoms with Crippen molar-refractivity contribution in [1.29, 1.82) is 0 Å². The normalized spacial score (nSPS) is 17.1. The van der Waals surface area contributed by atoms with Crippen LogP contribution in [0.3, 0.4) is 0 Å². The molecule has 3 heterocycles. The van der Waals surface area contributed by atoms with Gasteiger partial charge in [-0.1, -0.05) is 28.1 Å². The summed E-state index contributed by atoms with van der Waals surface area (Å²) in [6, 6.07) is 6.51. The van der Waals surface area contributed by atoms with E-state index in [0.717, 1.165) is 4.47 Å². The zero-order valence-corrected chi connectivity index (χ0v) is 21.8. The molecule has 2 aromatic heterocycles. The number of rotatable bonds is 8. The number of carbonyl (C=O) groups excluding carboxylic acids is 3. The third kappa shape index (κ3) is 4.73.